The Morgan fingerprint density at radius 2 is 2.25 bits per heavy atom. The van der Waals surface area contributed by atoms with Crippen LogP contribution in [0.25, 0.3) is 10.9 Å². The molecule has 0 amide bonds. The molecule has 0 unspecified atom stereocenters. The maximum Gasteiger partial charge on any atom is 0.336 e. The molecule has 2 rings (SSSR count). The van der Waals surface area contributed by atoms with Gasteiger partial charge in [0, 0.05) is 22.7 Å². The van der Waals surface area contributed by atoms with Gasteiger partial charge in [-0.2, -0.15) is 5.26 Å². The summed E-state index contributed by atoms with van der Waals surface area (Å²) in [6.07, 6.45) is 2.00. The second kappa shape index (κ2) is 3.51. The number of fused-ring (bicyclic) bond motifs is 1. The quantitative estimate of drug-likeness (QED) is 0.741. The first kappa shape index (κ1) is 9.93. The average molecular weight is 214 g/mol. The van der Waals surface area contributed by atoms with Gasteiger partial charge in [0.05, 0.1) is 17.2 Å². The molecule has 5 nitrogen and oxygen atoms in total. The highest BCUT2D eigenvalue weighted by molar-refractivity contribution is 6.09. The monoisotopic (exact) mass is 214 g/mol. The molecule has 1 heterocycles. The topological polar surface area (TPSA) is 93.9 Å². The third-order valence-corrected chi connectivity index (χ3v) is 2.30. The molecule has 0 saturated carbocycles. The summed E-state index contributed by atoms with van der Waals surface area (Å²) < 4.78 is 0. The third-order valence-electron chi connectivity index (χ3n) is 2.30. The largest absolute Gasteiger partial charge is 0.478 e. The number of H-pyrrole nitrogens is 1. The Bertz CT molecular complexity index is 634. The van der Waals surface area contributed by atoms with E-state index in [-0.39, 0.29) is 16.7 Å². The molecule has 1 aromatic carbocycles. The van der Waals surface area contributed by atoms with Crippen molar-refractivity contribution < 1.29 is 14.7 Å². The van der Waals surface area contributed by atoms with E-state index in [1.165, 1.54) is 18.3 Å². The number of carbonyl (C=O) groups excluding carboxylic acids is 1. The van der Waals surface area contributed by atoms with E-state index in [2.05, 4.69) is 4.98 Å². The molecule has 2 N–H and O–H groups in total. The number of rotatable bonds is 2. The standard InChI is InChI=1S/C11H6N2O3/c12-3-6-1-8(11(15)16)10-7(5-14)4-13-9(10)2-6/h1-2,4-5,13H,(H,15,16). The lowest BCUT2D eigenvalue weighted by atomic mass is 10.0. The first-order valence-corrected chi connectivity index (χ1v) is 4.41. The van der Waals surface area contributed by atoms with Gasteiger partial charge in [0.1, 0.15) is 0 Å². The summed E-state index contributed by atoms with van der Waals surface area (Å²) in [4.78, 5) is 24.5. The summed E-state index contributed by atoms with van der Waals surface area (Å²) in [7, 11) is 0. The van der Waals surface area contributed by atoms with E-state index in [1.807, 2.05) is 6.07 Å². The zero-order chi connectivity index (χ0) is 11.7. The van der Waals surface area contributed by atoms with E-state index in [0.29, 0.717) is 17.2 Å². The number of benzene rings is 1. The molecule has 0 aliphatic heterocycles. The Morgan fingerprint density at radius 1 is 1.50 bits per heavy atom. The first-order chi connectivity index (χ1) is 7.67. The van der Waals surface area contributed by atoms with Gasteiger partial charge in [-0.25, -0.2) is 4.79 Å². The molecular weight excluding hydrogens is 208 g/mol. The van der Waals surface area contributed by atoms with Crippen LogP contribution in [0.2, 0.25) is 0 Å². The fourth-order valence-electron chi connectivity index (χ4n) is 1.62. The Morgan fingerprint density at radius 3 is 2.81 bits per heavy atom. The highest BCUT2D eigenvalue weighted by atomic mass is 16.4. The average Bonchev–Trinajstić information content (AvgIpc) is 2.70. The van der Waals surface area contributed by atoms with Crippen LogP contribution in [0, 0.1) is 11.3 Å². The van der Waals surface area contributed by atoms with Crippen LogP contribution in [0.5, 0.6) is 0 Å². The SMILES string of the molecule is N#Cc1cc(C(=O)O)c2c(C=O)c[nH]c2c1. The number of carboxylic acid groups (broad SMARTS) is 1. The van der Waals surface area contributed by atoms with Crippen molar-refractivity contribution in [3.05, 3.63) is 35.0 Å². The molecular formula is C11H6N2O3. The molecule has 0 aliphatic carbocycles. The van der Waals surface area contributed by atoms with E-state index in [9.17, 15) is 9.59 Å². The zero-order valence-electron chi connectivity index (χ0n) is 8.02. The summed E-state index contributed by atoms with van der Waals surface area (Å²) in [5.41, 5.74) is 0.942. The summed E-state index contributed by atoms with van der Waals surface area (Å²) in [6.45, 7) is 0. The summed E-state index contributed by atoms with van der Waals surface area (Å²) >= 11 is 0. The normalized spacial score (nSPS) is 9.94. The van der Waals surface area contributed by atoms with Gasteiger partial charge >= 0.3 is 5.97 Å². The molecule has 78 valence electrons. The molecule has 0 saturated heterocycles. The maximum atomic E-state index is 11.0. The van der Waals surface area contributed by atoms with Crippen LogP contribution in [0.1, 0.15) is 26.3 Å². The van der Waals surface area contributed by atoms with Gasteiger partial charge in [-0.3, -0.25) is 4.79 Å². The minimum Gasteiger partial charge on any atom is -0.478 e. The number of aromatic amines is 1. The summed E-state index contributed by atoms with van der Waals surface area (Å²) in [5, 5.41) is 18.1. The van der Waals surface area contributed by atoms with Crippen molar-refractivity contribution in [1.82, 2.24) is 4.98 Å². The minimum absolute atomic E-state index is 0.0441. The Labute approximate surface area is 89.9 Å². The van der Waals surface area contributed by atoms with Crippen LogP contribution >= 0.6 is 0 Å². The number of hydrogen-bond donors (Lipinski definition) is 2. The summed E-state index contributed by atoms with van der Waals surface area (Å²) in [6, 6.07) is 4.63. The molecule has 1 aromatic heterocycles. The zero-order valence-corrected chi connectivity index (χ0v) is 8.02. The molecule has 0 radical (unpaired) electrons. The van der Waals surface area contributed by atoms with Crippen LogP contribution in [0.4, 0.5) is 0 Å². The van der Waals surface area contributed by atoms with Crippen LogP contribution in [-0.4, -0.2) is 22.3 Å². The molecule has 2 aromatic rings. The van der Waals surface area contributed by atoms with Crippen molar-refractivity contribution in [2.45, 2.75) is 0 Å². The van der Waals surface area contributed by atoms with Crippen LogP contribution in [0.15, 0.2) is 18.3 Å². The van der Waals surface area contributed by atoms with Crippen LogP contribution in [-0.2, 0) is 0 Å². The number of nitriles is 1. The number of aromatic nitrogens is 1. The van der Waals surface area contributed by atoms with Gasteiger partial charge in [-0.15, -0.1) is 0 Å². The molecule has 0 aliphatic rings. The molecule has 16 heavy (non-hydrogen) atoms. The van der Waals surface area contributed by atoms with Gasteiger partial charge in [0.25, 0.3) is 0 Å². The number of aromatic carboxylic acids is 1. The smallest absolute Gasteiger partial charge is 0.336 e. The number of hydrogen-bond acceptors (Lipinski definition) is 3. The second-order valence-electron chi connectivity index (χ2n) is 3.23. The van der Waals surface area contributed by atoms with Crippen LogP contribution < -0.4 is 0 Å². The number of nitrogens with one attached hydrogen (secondary N) is 1. The minimum atomic E-state index is -1.16. The maximum absolute atomic E-state index is 11.0. The van der Waals surface area contributed by atoms with E-state index < -0.39 is 5.97 Å². The molecule has 0 atom stereocenters. The lowest BCUT2D eigenvalue weighted by molar-refractivity contribution is 0.0699. The van der Waals surface area contributed by atoms with Crippen molar-refractivity contribution in [3.8, 4) is 6.07 Å². The van der Waals surface area contributed by atoms with Gasteiger partial charge in [0.2, 0.25) is 0 Å². The van der Waals surface area contributed by atoms with Crippen molar-refractivity contribution >= 4 is 23.2 Å². The Balaban J connectivity index is 2.92. The lowest BCUT2D eigenvalue weighted by Gasteiger charge is -1.99. The van der Waals surface area contributed by atoms with Gasteiger partial charge in [-0.05, 0) is 12.1 Å². The van der Waals surface area contributed by atoms with E-state index in [0.717, 1.165) is 0 Å². The Kier molecular flexibility index (Phi) is 2.18. The van der Waals surface area contributed by atoms with E-state index in [1.54, 1.807) is 0 Å². The number of nitrogens with zero attached hydrogens (tertiary/aromatic N) is 1. The fourth-order valence-corrected chi connectivity index (χ4v) is 1.62. The van der Waals surface area contributed by atoms with Gasteiger partial charge < -0.3 is 10.1 Å². The van der Waals surface area contributed by atoms with Crippen molar-refractivity contribution in [2.24, 2.45) is 0 Å². The number of carbonyl (C=O) groups is 2. The van der Waals surface area contributed by atoms with Gasteiger partial charge in [-0.1, -0.05) is 0 Å². The molecule has 0 spiro atoms. The predicted molar refractivity (Wildman–Crippen MR) is 55.4 cm³/mol. The number of carboxylic acids is 1. The molecule has 0 bridgehead atoms. The summed E-state index contributed by atoms with van der Waals surface area (Å²) in [5.74, 6) is -1.16. The molecule has 0 fully saturated rings. The second-order valence-corrected chi connectivity index (χ2v) is 3.23. The highest BCUT2D eigenvalue weighted by Gasteiger charge is 2.15. The van der Waals surface area contributed by atoms with Crippen LogP contribution in [0.3, 0.4) is 0 Å². The lowest BCUT2D eigenvalue weighted by Crippen LogP contribution is -1.99. The molecule has 5 heteroatoms. The highest BCUT2D eigenvalue weighted by Crippen LogP contribution is 2.23. The van der Waals surface area contributed by atoms with Gasteiger partial charge in [0.15, 0.2) is 6.29 Å². The number of aldehydes is 1. The van der Waals surface area contributed by atoms with Crippen molar-refractivity contribution in [2.75, 3.05) is 0 Å². The van der Waals surface area contributed by atoms with E-state index in [4.69, 9.17) is 10.4 Å². The third kappa shape index (κ3) is 1.33. The van der Waals surface area contributed by atoms with Crippen molar-refractivity contribution in [1.29, 1.82) is 5.26 Å². The fraction of sp³-hybridized carbons (Fsp3) is 0. The first-order valence-electron chi connectivity index (χ1n) is 4.41. The predicted octanol–water partition coefficient (Wildman–Crippen LogP) is 1.55. The van der Waals surface area contributed by atoms with Crippen molar-refractivity contribution in [3.63, 3.8) is 0 Å². The van der Waals surface area contributed by atoms with E-state index >= 15 is 0 Å². The Hall–Kier alpha value is -2.61.